The van der Waals surface area contributed by atoms with Crippen LogP contribution in [0.1, 0.15) is 15.9 Å². The van der Waals surface area contributed by atoms with E-state index in [1.165, 1.54) is 0 Å². The standard InChI is InChI=1S/C16H17N3O2/c1-17-15-10-12(6-7-18-15)11-19-8-9-21-14-5-3-2-4-13(14)16(19)20/h2-7,10H,8-9,11H2,1H3,(H,17,18). The van der Waals surface area contributed by atoms with Crippen LogP contribution in [0.4, 0.5) is 5.82 Å². The number of fused-ring (bicyclic) bond motifs is 1. The molecule has 0 spiro atoms. The second-order valence-corrected chi connectivity index (χ2v) is 4.87. The number of amides is 1. The number of hydrogen-bond acceptors (Lipinski definition) is 4. The summed E-state index contributed by atoms with van der Waals surface area (Å²) in [5, 5.41) is 3.00. The van der Waals surface area contributed by atoms with Crippen molar-refractivity contribution in [3.05, 3.63) is 53.7 Å². The van der Waals surface area contributed by atoms with Gasteiger partial charge in [0.25, 0.3) is 5.91 Å². The predicted molar refractivity (Wildman–Crippen MR) is 80.5 cm³/mol. The van der Waals surface area contributed by atoms with Gasteiger partial charge in [0.05, 0.1) is 12.1 Å². The van der Waals surface area contributed by atoms with Crippen LogP contribution in [-0.4, -0.2) is 36.0 Å². The summed E-state index contributed by atoms with van der Waals surface area (Å²) < 4.78 is 5.64. The first kappa shape index (κ1) is 13.4. The molecule has 0 aliphatic carbocycles. The monoisotopic (exact) mass is 283 g/mol. The second-order valence-electron chi connectivity index (χ2n) is 4.87. The number of aromatic nitrogens is 1. The van der Waals surface area contributed by atoms with E-state index in [0.29, 0.717) is 31.0 Å². The van der Waals surface area contributed by atoms with Crippen molar-refractivity contribution in [1.29, 1.82) is 0 Å². The summed E-state index contributed by atoms with van der Waals surface area (Å²) >= 11 is 0. The average molecular weight is 283 g/mol. The van der Waals surface area contributed by atoms with Crippen LogP contribution in [0.3, 0.4) is 0 Å². The van der Waals surface area contributed by atoms with Gasteiger partial charge in [-0.05, 0) is 29.8 Å². The van der Waals surface area contributed by atoms with Crippen molar-refractivity contribution in [3.63, 3.8) is 0 Å². The third kappa shape index (κ3) is 2.81. The molecule has 1 aliphatic heterocycles. The average Bonchev–Trinajstić information content (AvgIpc) is 2.68. The predicted octanol–water partition coefficient (Wildman–Crippen LogP) is 2.16. The molecule has 0 saturated carbocycles. The Balaban J connectivity index is 1.84. The fourth-order valence-electron chi connectivity index (χ4n) is 2.39. The maximum absolute atomic E-state index is 12.6. The molecular formula is C16H17N3O2. The van der Waals surface area contributed by atoms with E-state index in [-0.39, 0.29) is 5.91 Å². The third-order valence-electron chi connectivity index (χ3n) is 3.48. The number of carbonyl (C=O) groups excluding carboxylic acids is 1. The van der Waals surface area contributed by atoms with E-state index >= 15 is 0 Å². The van der Waals surface area contributed by atoms with E-state index in [0.717, 1.165) is 11.4 Å². The Labute approximate surface area is 123 Å². The lowest BCUT2D eigenvalue weighted by molar-refractivity contribution is 0.0743. The van der Waals surface area contributed by atoms with E-state index in [2.05, 4.69) is 10.3 Å². The smallest absolute Gasteiger partial charge is 0.258 e. The van der Waals surface area contributed by atoms with Crippen molar-refractivity contribution in [1.82, 2.24) is 9.88 Å². The number of anilines is 1. The zero-order valence-corrected chi connectivity index (χ0v) is 11.9. The Kier molecular flexibility index (Phi) is 3.73. The van der Waals surface area contributed by atoms with Gasteiger partial charge in [0.15, 0.2) is 0 Å². The quantitative estimate of drug-likeness (QED) is 0.938. The molecule has 0 radical (unpaired) electrons. The van der Waals surface area contributed by atoms with Gasteiger partial charge >= 0.3 is 0 Å². The van der Waals surface area contributed by atoms with Gasteiger partial charge in [-0.1, -0.05) is 12.1 Å². The molecule has 0 bridgehead atoms. The Hall–Kier alpha value is -2.56. The molecule has 21 heavy (non-hydrogen) atoms. The van der Waals surface area contributed by atoms with Gasteiger partial charge in [-0.3, -0.25) is 4.79 Å². The van der Waals surface area contributed by atoms with Crippen molar-refractivity contribution in [2.45, 2.75) is 6.54 Å². The van der Waals surface area contributed by atoms with Crippen LogP contribution in [0.15, 0.2) is 42.6 Å². The van der Waals surface area contributed by atoms with Gasteiger partial charge in [0.1, 0.15) is 18.2 Å². The maximum atomic E-state index is 12.6. The highest BCUT2D eigenvalue weighted by molar-refractivity contribution is 5.97. The van der Waals surface area contributed by atoms with E-state index in [4.69, 9.17) is 4.74 Å². The van der Waals surface area contributed by atoms with Crippen molar-refractivity contribution in [2.75, 3.05) is 25.5 Å². The fourth-order valence-corrected chi connectivity index (χ4v) is 2.39. The van der Waals surface area contributed by atoms with Crippen LogP contribution in [-0.2, 0) is 6.54 Å². The van der Waals surface area contributed by atoms with Gasteiger partial charge in [-0.25, -0.2) is 4.98 Å². The summed E-state index contributed by atoms with van der Waals surface area (Å²) in [6, 6.07) is 11.2. The minimum absolute atomic E-state index is 0.00548. The Morgan fingerprint density at radius 1 is 1.33 bits per heavy atom. The largest absolute Gasteiger partial charge is 0.491 e. The van der Waals surface area contributed by atoms with Crippen molar-refractivity contribution in [2.24, 2.45) is 0 Å². The molecule has 1 aromatic carbocycles. The summed E-state index contributed by atoms with van der Waals surface area (Å²) in [6.45, 7) is 1.63. The number of ether oxygens (including phenoxy) is 1. The Bertz CT molecular complexity index is 657. The molecule has 2 heterocycles. The maximum Gasteiger partial charge on any atom is 0.258 e. The number of rotatable bonds is 3. The van der Waals surface area contributed by atoms with Crippen LogP contribution in [0.5, 0.6) is 5.75 Å². The molecule has 0 saturated heterocycles. The first-order chi connectivity index (χ1) is 10.3. The van der Waals surface area contributed by atoms with Gasteiger partial charge in [0.2, 0.25) is 0 Å². The van der Waals surface area contributed by atoms with Gasteiger partial charge < -0.3 is 15.0 Å². The zero-order valence-electron chi connectivity index (χ0n) is 11.9. The number of para-hydroxylation sites is 1. The highest BCUT2D eigenvalue weighted by atomic mass is 16.5. The van der Waals surface area contributed by atoms with Crippen LogP contribution < -0.4 is 10.1 Å². The Morgan fingerprint density at radius 2 is 2.19 bits per heavy atom. The molecule has 5 nitrogen and oxygen atoms in total. The molecule has 1 aliphatic rings. The minimum atomic E-state index is 0.00548. The van der Waals surface area contributed by atoms with Crippen LogP contribution in [0.2, 0.25) is 0 Å². The lowest BCUT2D eigenvalue weighted by Crippen LogP contribution is -2.31. The van der Waals surface area contributed by atoms with E-state index < -0.39 is 0 Å². The number of benzene rings is 1. The number of hydrogen-bond donors (Lipinski definition) is 1. The fraction of sp³-hybridized carbons (Fsp3) is 0.250. The summed E-state index contributed by atoms with van der Waals surface area (Å²) in [4.78, 5) is 18.6. The SMILES string of the molecule is CNc1cc(CN2CCOc3ccccc3C2=O)ccn1. The first-order valence-corrected chi connectivity index (χ1v) is 6.92. The van der Waals surface area contributed by atoms with E-state index in [9.17, 15) is 4.79 Å². The molecule has 5 heteroatoms. The number of nitrogens with zero attached hydrogens (tertiary/aromatic N) is 2. The van der Waals surface area contributed by atoms with Crippen molar-refractivity contribution in [3.8, 4) is 5.75 Å². The molecule has 1 N–H and O–H groups in total. The lowest BCUT2D eigenvalue weighted by Gasteiger charge is -2.20. The minimum Gasteiger partial charge on any atom is -0.491 e. The summed E-state index contributed by atoms with van der Waals surface area (Å²) in [5.74, 6) is 1.47. The summed E-state index contributed by atoms with van der Waals surface area (Å²) in [7, 11) is 1.83. The number of carbonyl (C=O) groups is 1. The van der Waals surface area contributed by atoms with Crippen LogP contribution in [0.25, 0.3) is 0 Å². The molecular weight excluding hydrogens is 266 g/mol. The van der Waals surface area contributed by atoms with E-state index in [1.807, 2.05) is 43.4 Å². The highest BCUT2D eigenvalue weighted by Crippen LogP contribution is 2.23. The molecule has 0 unspecified atom stereocenters. The normalized spacial score (nSPS) is 14.1. The summed E-state index contributed by atoms with van der Waals surface area (Å²) in [5.41, 5.74) is 1.67. The van der Waals surface area contributed by atoms with Crippen molar-refractivity contribution < 1.29 is 9.53 Å². The number of pyridine rings is 1. The lowest BCUT2D eigenvalue weighted by atomic mass is 10.1. The highest BCUT2D eigenvalue weighted by Gasteiger charge is 2.23. The molecule has 0 fully saturated rings. The first-order valence-electron chi connectivity index (χ1n) is 6.92. The van der Waals surface area contributed by atoms with Crippen LogP contribution >= 0.6 is 0 Å². The Morgan fingerprint density at radius 3 is 3.05 bits per heavy atom. The molecule has 2 aromatic rings. The molecule has 1 aromatic heterocycles. The zero-order chi connectivity index (χ0) is 14.7. The molecule has 108 valence electrons. The summed E-state index contributed by atoms with van der Waals surface area (Å²) in [6.07, 6.45) is 1.74. The van der Waals surface area contributed by atoms with Crippen LogP contribution in [0, 0.1) is 0 Å². The van der Waals surface area contributed by atoms with Gasteiger partial charge in [-0.15, -0.1) is 0 Å². The third-order valence-corrected chi connectivity index (χ3v) is 3.48. The molecule has 0 atom stereocenters. The van der Waals surface area contributed by atoms with Gasteiger partial charge in [-0.2, -0.15) is 0 Å². The molecule has 3 rings (SSSR count). The number of nitrogens with one attached hydrogen (secondary N) is 1. The topological polar surface area (TPSA) is 54.5 Å². The molecule has 1 amide bonds. The van der Waals surface area contributed by atoms with E-state index in [1.54, 1.807) is 11.1 Å². The van der Waals surface area contributed by atoms with Crippen molar-refractivity contribution >= 4 is 11.7 Å². The second kappa shape index (κ2) is 5.83. The van der Waals surface area contributed by atoms with Gasteiger partial charge in [0, 0.05) is 19.8 Å².